The third-order valence-electron chi connectivity index (χ3n) is 3.58. The fourth-order valence-corrected chi connectivity index (χ4v) is 2.60. The second-order valence-corrected chi connectivity index (χ2v) is 4.81. The first-order valence-corrected chi connectivity index (χ1v) is 6.06. The van der Waals surface area contributed by atoms with Gasteiger partial charge >= 0.3 is 0 Å². The highest BCUT2D eigenvalue weighted by atomic mass is 16.5. The van der Waals surface area contributed by atoms with E-state index in [0.717, 1.165) is 12.1 Å². The molecule has 2 aliphatic rings. The van der Waals surface area contributed by atoms with Crippen LogP contribution in [0.4, 0.5) is 0 Å². The van der Waals surface area contributed by atoms with Gasteiger partial charge in [-0.25, -0.2) is 0 Å². The van der Waals surface area contributed by atoms with Crippen LogP contribution in [0.5, 0.6) is 34.9 Å². The molecule has 2 aromatic rings. The summed E-state index contributed by atoms with van der Waals surface area (Å²) in [6.07, 6.45) is 0. The van der Waals surface area contributed by atoms with E-state index in [1.54, 1.807) is 0 Å². The Hall–Kier alpha value is -3.42. The summed E-state index contributed by atoms with van der Waals surface area (Å²) < 4.78 is 10.1. The first kappa shape index (κ1) is 12.3. The molecule has 22 heavy (non-hydrogen) atoms. The summed E-state index contributed by atoms with van der Waals surface area (Å²) in [7, 11) is 0. The van der Waals surface area contributed by atoms with Gasteiger partial charge in [-0.05, 0) is 12.1 Å². The molecule has 0 saturated heterocycles. The molecular weight excluding hydrogens is 296 g/mol. The van der Waals surface area contributed by atoms with Crippen molar-refractivity contribution in [3.8, 4) is 34.9 Å². The van der Waals surface area contributed by atoms with Crippen LogP contribution < -0.4 is 0 Å². The van der Waals surface area contributed by atoms with Gasteiger partial charge in [0.1, 0.15) is 0 Å². The predicted octanol–water partition coefficient (Wildman–Crippen LogP) is 2.14. The van der Waals surface area contributed by atoms with Crippen LogP contribution in [0.1, 0.15) is 0 Å². The van der Waals surface area contributed by atoms with Crippen molar-refractivity contribution in [2.24, 2.45) is 0 Å². The molecular formula is C14H8O8. The Balaban J connectivity index is 2.56. The summed E-state index contributed by atoms with van der Waals surface area (Å²) in [6, 6.07) is 2.09. The van der Waals surface area contributed by atoms with Crippen molar-refractivity contribution in [3.05, 3.63) is 22.6 Å². The minimum absolute atomic E-state index is 0.00311. The molecule has 0 saturated carbocycles. The van der Waals surface area contributed by atoms with Gasteiger partial charge in [0.25, 0.3) is 11.9 Å². The average molecular weight is 304 g/mol. The average Bonchev–Trinajstić information content (AvgIpc) is 2.47. The Bertz CT molecular complexity index is 1040. The molecule has 0 bridgehead atoms. The van der Waals surface area contributed by atoms with E-state index >= 15 is 0 Å². The molecule has 0 atom stereocenters. The van der Waals surface area contributed by atoms with Crippen molar-refractivity contribution in [1.82, 2.24) is 0 Å². The van der Waals surface area contributed by atoms with Crippen LogP contribution in [-0.2, 0) is 0 Å². The molecule has 0 radical (unpaired) electrons. The summed E-state index contributed by atoms with van der Waals surface area (Å²) in [5.74, 6) is -3.82. The minimum Gasteiger partial charge on any atom is -0.504 e. The van der Waals surface area contributed by atoms with E-state index in [4.69, 9.17) is 8.83 Å². The molecule has 4 rings (SSSR count). The first-order chi connectivity index (χ1) is 10.4. The zero-order valence-electron chi connectivity index (χ0n) is 10.7. The zero-order valence-corrected chi connectivity index (χ0v) is 10.7. The normalized spacial score (nSPS) is 11.8. The molecule has 6 N–H and O–H groups in total. The van der Waals surface area contributed by atoms with Crippen LogP contribution in [-0.4, -0.2) is 30.6 Å². The van der Waals surface area contributed by atoms with Crippen molar-refractivity contribution < 1.29 is 39.5 Å². The molecule has 0 amide bonds. The first-order valence-electron chi connectivity index (χ1n) is 6.06. The Labute approximate surface area is 119 Å². The summed E-state index contributed by atoms with van der Waals surface area (Å²) >= 11 is 0. The second-order valence-electron chi connectivity index (χ2n) is 4.81. The van der Waals surface area contributed by atoms with Crippen LogP contribution in [0.15, 0.2) is 21.0 Å². The largest absolute Gasteiger partial charge is 0.504 e. The molecule has 0 unspecified atom stereocenters. The molecule has 8 heteroatoms. The van der Waals surface area contributed by atoms with Crippen LogP contribution in [0, 0.1) is 10.4 Å². The summed E-state index contributed by atoms with van der Waals surface area (Å²) in [5.41, 5.74) is -0.609. The third-order valence-corrected chi connectivity index (χ3v) is 3.58. The number of hydrogen-bond acceptors (Lipinski definition) is 8. The van der Waals surface area contributed by atoms with Crippen LogP contribution in [0.2, 0.25) is 0 Å². The lowest BCUT2D eigenvalue weighted by atomic mass is 10.0. The lowest BCUT2D eigenvalue weighted by molar-refractivity contribution is 0.325. The van der Waals surface area contributed by atoms with Crippen molar-refractivity contribution in [1.29, 1.82) is 0 Å². The highest BCUT2D eigenvalue weighted by Crippen LogP contribution is 2.46. The maximum absolute atomic E-state index is 9.93. The van der Waals surface area contributed by atoms with Gasteiger partial charge in [0.05, 0.1) is 10.8 Å². The third kappa shape index (κ3) is 1.26. The highest BCUT2D eigenvalue weighted by Gasteiger charge is 2.23. The van der Waals surface area contributed by atoms with E-state index in [1.165, 1.54) is 0 Å². The number of hydrogen-bond donors (Lipinski definition) is 6. The monoisotopic (exact) mass is 304 g/mol. The standard InChI is InChI=1S/C14H8O8/c15-5-1-3-7-8-4(14(20)22-11(7)9(5)17)2-6(16)10(18)12(8)21-13(3)19/h1-2,15-20H. The molecule has 0 aliphatic carbocycles. The second kappa shape index (κ2) is 3.61. The summed E-state index contributed by atoms with van der Waals surface area (Å²) in [5, 5.41) is 59.2. The molecule has 0 aromatic heterocycles. The maximum Gasteiger partial charge on any atom is 0.290 e. The quantitative estimate of drug-likeness (QED) is 0.271. The minimum atomic E-state index is -0.670. The summed E-state index contributed by atoms with van der Waals surface area (Å²) in [6.45, 7) is 0. The Morgan fingerprint density at radius 1 is 0.591 bits per heavy atom. The topological polar surface area (TPSA) is 148 Å². The van der Waals surface area contributed by atoms with Crippen molar-refractivity contribution >= 4 is 21.9 Å². The van der Waals surface area contributed by atoms with Crippen LogP contribution in [0.3, 0.4) is 0 Å². The molecule has 112 valence electrons. The SMILES string of the molecule is Oc1cc2c(O)oc3c(O)c(O)cc4c(O)oc(c1O)c2=c43. The number of benzene rings is 2. The van der Waals surface area contributed by atoms with Gasteiger partial charge < -0.3 is 39.5 Å². The number of phenolic OH excluding ortho intramolecular Hbond substituents is 4. The van der Waals surface area contributed by atoms with Gasteiger partial charge in [0, 0.05) is 10.4 Å². The van der Waals surface area contributed by atoms with Gasteiger partial charge in [0.2, 0.25) is 11.5 Å². The van der Waals surface area contributed by atoms with Gasteiger partial charge in [-0.2, -0.15) is 0 Å². The number of phenols is 4. The van der Waals surface area contributed by atoms with E-state index in [0.29, 0.717) is 0 Å². The zero-order chi connectivity index (χ0) is 15.8. The molecule has 0 fully saturated rings. The Kier molecular flexibility index (Phi) is 2.02. The maximum atomic E-state index is 9.93. The van der Waals surface area contributed by atoms with E-state index in [9.17, 15) is 30.6 Å². The number of aromatic hydroxyl groups is 6. The summed E-state index contributed by atoms with van der Waals surface area (Å²) in [4.78, 5) is 0. The molecule has 2 aromatic carbocycles. The van der Waals surface area contributed by atoms with Crippen molar-refractivity contribution in [3.63, 3.8) is 0 Å². The van der Waals surface area contributed by atoms with Gasteiger partial charge in [0.15, 0.2) is 22.7 Å². The molecule has 2 heterocycles. The van der Waals surface area contributed by atoms with E-state index in [1.807, 2.05) is 0 Å². The van der Waals surface area contributed by atoms with E-state index < -0.39 is 34.9 Å². The van der Waals surface area contributed by atoms with Gasteiger partial charge in [-0.15, -0.1) is 0 Å². The Morgan fingerprint density at radius 2 is 0.955 bits per heavy atom. The molecule has 8 nitrogen and oxygen atoms in total. The fraction of sp³-hybridized carbons (Fsp3) is 0. The van der Waals surface area contributed by atoms with Crippen molar-refractivity contribution in [2.75, 3.05) is 0 Å². The number of rotatable bonds is 0. The van der Waals surface area contributed by atoms with E-state index in [2.05, 4.69) is 0 Å². The fourth-order valence-electron chi connectivity index (χ4n) is 2.60. The lowest BCUT2D eigenvalue weighted by Gasteiger charge is -2.12. The van der Waals surface area contributed by atoms with Gasteiger partial charge in [-0.3, -0.25) is 0 Å². The molecule has 2 aliphatic heterocycles. The highest BCUT2D eigenvalue weighted by molar-refractivity contribution is 5.88. The van der Waals surface area contributed by atoms with E-state index in [-0.39, 0.29) is 32.4 Å². The van der Waals surface area contributed by atoms with Crippen LogP contribution >= 0.6 is 0 Å². The predicted molar refractivity (Wildman–Crippen MR) is 71.3 cm³/mol. The van der Waals surface area contributed by atoms with Crippen molar-refractivity contribution in [2.45, 2.75) is 0 Å². The Morgan fingerprint density at radius 3 is 1.32 bits per heavy atom. The van der Waals surface area contributed by atoms with Crippen LogP contribution in [0.25, 0.3) is 21.9 Å². The lowest BCUT2D eigenvalue weighted by Crippen LogP contribution is -1.90. The molecule has 0 spiro atoms. The van der Waals surface area contributed by atoms with Gasteiger partial charge in [-0.1, -0.05) is 0 Å². The smallest absolute Gasteiger partial charge is 0.290 e.